The Morgan fingerprint density at radius 3 is 1.08 bits per heavy atom. The largest absolute Gasteiger partial charge is 0.309 e. The molecule has 0 aromatic heterocycles. The number of para-hydroxylation sites is 2. The number of halogens is 4. The van der Waals surface area contributed by atoms with Gasteiger partial charge in [0.2, 0.25) is 0 Å². The zero-order chi connectivity index (χ0) is 25.1. The maximum atomic E-state index is 6.75. The molecule has 0 aliphatic rings. The molecule has 0 N–H and O–H groups in total. The third kappa shape index (κ3) is 5.05. The Balaban J connectivity index is 1.63. The second kappa shape index (κ2) is 11.1. The first-order chi connectivity index (χ1) is 17.5. The molecule has 5 aromatic rings. The van der Waals surface area contributed by atoms with Gasteiger partial charge in [-0.2, -0.15) is 0 Å². The molecule has 0 saturated carbocycles. The second-order valence-electron chi connectivity index (χ2n) is 8.00. The molecule has 0 saturated heterocycles. The molecule has 0 spiro atoms. The van der Waals surface area contributed by atoms with Crippen molar-refractivity contribution in [2.45, 2.75) is 0 Å². The van der Waals surface area contributed by atoms with E-state index in [0.29, 0.717) is 10.0 Å². The van der Waals surface area contributed by atoms with Crippen molar-refractivity contribution in [2.75, 3.05) is 9.80 Å². The second-order valence-corrected chi connectivity index (χ2v) is 10.5. The molecule has 5 aromatic carbocycles. The van der Waals surface area contributed by atoms with Crippen LogP contribution in [-0.2, 0) is 0 Å². The number of nitrogens with zero attached hydrogens (tertiary/aromatic N) is 2. The summed E-state index contributed by atoms with van der Waals surface area (Å²) in [6, 6.07) is 40.7. The van der Waals surface area contributed by atoms with Gasteiger partial charge < -0.3 is 9.80 Å². The van der Waals surface area contributed by atoms with Gasteiger partial charge in [-0.1, -0.05) is 71.7 Å². The lowest BCUT2D eigenvalue weighted by Gasteiger charge is -2.29. The van der Waals surface area contributed by atoms with Crippen molar-refractivity contribution in [1.29, 1.82) is 0 Å². The van der Waals surface area contributed by atoms with Crippen molar-refractivity contribution in [2.24, 2.45) is 0 Å². The van der Waals surface area contributed by atoms with E-state index in [4.69, 9.17) is 23.2 Å². The molecular formula is C30H20Br2Cl2N2. The van der Waals surface area contributed by atoms with Crippen LogP contribution >= 0.6 is 55.1 Å². The van der Waals surface area contributed by atoms with Crippen LogP contribution in [-0.4, -0.2) is 0 Å². The summed E-state index contributed by atoms with van der Waals surface area (Å²) in [5.41, 5.74) is 5.77. The molecule has 36 heavy (non-hydrogen) atoms. The number of rotatable bonds is 6. The Morgan fingerprint density at radius 2 is 0.722 bits per heavy atom. The van der Waals surface area contributed by atoms with Crippen LogP contribution in [0.1, 0.15) is 0 Å². The van der Waals surface area contributed by atoms with Crippen LogP contribution in [0.3, 0.4) is 0 Å². The SMILES string of the molecule is Clc1c(Br)cccc1N(c1ccccc1)c1ccc(N(c2ccccc2)c2cccc(Br)c2Cl)cc1. The summed E-state index contributed by atoms with van der Waals surface area (Å²) in [4.78, 5) is 4.30. The normalized spacial score (nSPS) is 10.8. The Hall–Kier alpha value is -2.76. The molecule has 0 radical (unpaired) electrons. The van der Waals surface area contributed by atoms with Gasteiger partial charge >= 0.3 is 0 Å². The van der Waals surface area contributed by atoms with Crippen LogP contribution < -0.4 is 9.80 Å². The molecule has 178 valence electrons. The summed E-state index contributed by atoms with van der Waals surface area (Å²) < 4.78 is 1.69. The minimum Gasteiger partial charge on any atom is -0.309 e. The number of benzene rings is 5. The first-order valence-corrected chi connectivity index (χ1v) is 13.6. The molecule has 0 aliphatic carbocycles. The monoisotopic (exact) mass is 636 g/mol. The summed E-state index contributed by atoms with van der Waals surface area (Å²) in [5.74, 6) is 0. The summed E-state index contributed by atoms with van der Waals surface area (Å²) in [6.07, 6.45) is 0. The van der Waals surface area contributed by atoms with Gasteiger partial charge in [0.05, 0.1) is 21.4 Å². The van der Waals surface area contributed by atoms with Gasteiger partial charge in [-0.05, 0) is 105 Å². The lowest BCUT2D eigenvalue weighted by molar-refractivity contribution is 1.25. The number of hydrogen-bond donors (Lipinski definition) is 0. The molecule has 5 rings (SSSR count). The highest BCUT2D eigenvalue weighted by Gasteiger charge is 2.19. The molecular weight excluding hydrogens is 619 g/mol. The first-order valence-electron chi connectivity index (χ1n) is 11.2. The summed E-state index contributed by atoms with van der Waals surface area (Å²) in [7, 11) is 0. The minimum absolute atomic E-state index is 0.650. The van der Waals surface area contributed by atoms with Crippen LogP contribution in [0, 0.1) is 0 Å². The van der Waals surface area contributed by atoms with Crippen LogP contribution in [0.5, 0.6) is 0 Å². The molecule has 0 unspecified atom stereocenters. The smallest absolute Gasteiger partial charge is 0.0788 e. The highest BCUT2D eigenvalue weighted by Crippen LogP contribution is 2.44. The highest BCUT2D eigenvalue weighted by molar-refractivity contribution is 9.10. The van der Waals surface area contributed by atoms with Crippen LogP contribution in [0.2, 0.25) is 10.0 Å². The Labute approximate surface area is 238 Å². The van der Waals surface area contributed by atoms with Crippen LogP contribution in [0.4, 0.5) is 34.1 Å². The predicted molar refractivity (Wildman–Crippen MR) is 161 cm³/mol. The zero-order valence-corrected chi connectivity index (χ0v) is 23.6. The van der Waals surface area contributed by atoms with Crippen molar-refractivity contribution in [1.82, 2.24) is 0 Å². The Morgan fingerprint density at radius 1 is 0.389 bits per heavy atom. The number of hydrogen-bond acceptors (Lipinski definition) is 2. The minimum atomic E-state index is 0.650. The van der Waals surface area contributed by atoms with E-state index in [0.717, 1.165) is 43.1 Å². The van der Waals surface area contributed by atoms with Crippen molar-refractivity contribution in [3.8, 4) is 0 Å². The highest BCUT2D eigenvalue weighted by atomic mass is 79.9. The fourth-order valence-corrected chi connectivity index (χ4v) is 5.22. The Kier molecular flexibility index (Phi) is 7.68. The summed E-state index contributed by atoms with van der Waals surface area (Å²) >= 11 is 20.6. The molecule has 0 amide bonds. The molecule has 0 heterocycles. The topological polar surface area (TPSA) is 6.48 Å². The first kappa shape index (κ1) is 24.9. The van der Waals surface area contributed by atoms with Crippen molar-refractivity contribution in [3.05, 3.63) is 140 Å². The van der Waals surface area contributed by atoms with Gasteiger partial charge in [0, 0.05) is 31.7 Å². The van der Waals surface area contributed by atoms with Crippen molar-refractivity contribution < 1.29 is 0 Å². The summed E-state index contributed by atoms with van der Waals surface area (Å²) in [5, 5.41) is 1.30. The lowest BCUT2D eigenvalue weighted by Crippen LogP contribution is -2.12. The molecule has 0 bridgehead atoms. The van der Waals surface area contributed by atoms with Gasteiger partial charge in [0.25, 0.3) is 0 Å². The van der Waals surface area contributed by atoms with E-state index in [1.807, 2.05) is 72.8 Å². The van der Waals surface area contributed by atoms with E-state index >= 15 is 0 Å². The fourth-order valence-electron chi connectivity index (χ4n) is 4.09. The predicted octanol–water partition coefficient (Wildman–Crippen LogP) is 11.5. The van der Waals surface area contributed by atoms with E-state index < -0.39 is 0 Å². The van der Waals surface area contributed by atoms with Gasteiger partial charge in [-0.3, -0.25) is 0 Å². The third-order valence-electron chi connectivity index (χ3n) is 5.74. The van der Waals surface area contributed by atoms with Crippen LogP contribution in [0.25, 0.3) is 0 Å². The average molecular weight is 639 g/mol. The molecule has 2 nitrogen and oxygen atoms in total. The Bertz CT molecular complexity index is 1360. The zero-order valence-electron chi connectivity index (χ0n) is 19.0. The van der Waals surface area contributed by atoms with Gasteiger partial charge in [0.1, 0.15) is 0 Å². The fraction of sp³-hybridized carbons (Fsp3) is 0. The van der Waals surface area contributed by atoms with Gasteiger partial charge in [-0.15, -0.1) is 0 Å². The third-order valence-corrected chi connectivity index (χ3v) is 8.31. The van der Waals surface area contributed by atoms with Crippen molar-refractivity contribution in [3.63, 3.8) is 0 Å². The van der Waals surface area contributed by atoms with E-state index in [9.17, 15) is 0 Å². The molecule has 0 fully saturated rings. The van der Waals surface area contributed by atoms with E-state index in [1.165, 1.54) is 0 Å². The van der Waals surface area contributed by atoms with Gasteiger partial charge in [-0.25, -0.2) is 0 Å². The van der Waals surface area contributed by atoms with E-state index in [-0.39, 0.29) is 0 Å². The summed E-state index contributed by atoms with van der Waals surface area (Å²) in [6.45, 7) is 0. The van der Waals surface area contributed by atoms with Crippen molar-refractivity contribution >= 4 is 89.2 Å². The lowest BCUT2D eigenvalue weighted by atomic mass is 10.1. The maximum Gasteiger partial charge on any atom is 0.0788 e. The molecule has 0 atom stereocenters. The molecule has 6 heteroatoms. The standard InChI is InChI=1S/C30H20Br2Cl2N2/c31-25-13-7-15-27(29(25)33)35(21-9-3-1-4-10-21)23-17-19-24(20-18-23)36(22-11-5-2-6-12-22)28-16-8-14-26(32)30(28)34/h1-20H. The average Bonchev–Trinajstić information content (AvgIpc) is 2.91. The van der Waals surface area contributed by atoms with Crippen LogP contribution in [0.15, 0.2) is 130 Å². The molecule has 0 aliphatic heterocycles. The quantitative estimate of drug-likeness (QED) is 0.183. The number of anilines is 6. The van der Waals surface area contributed by atoms with Gasteiger partial charge in [0.15, 0.2) is 0 Å². The van der Waals surface area contributed by atoms with E-state index in [1.54, 1.807) is 0 Å². The van der Waals surface area contributed by atoms with E-state index in [2.05, 4.69) is 90.2 Å². The maximum absolute atomic E-state index is 6.75.